The van der Waals surface area contributed by atoms with Crippen LogP contribution in [0, 0.1) is 23.0 Å². The zero-order valence-electron chi connectivity index (χ0n) is 27.9. The molecule has 0 spiro atoms. The summed E-state index contributed by atoms with van der Waals surface area (Å²) < 4.78 is 60.7. The average Bonchev–Trinajstić information content (AvgIpc) is 3.75. The van der Waals surface area contributed by atoms with Crippen molar-refractivity contribution in [3.63, 3.8) is 0 Å². The van der Waals surface area contributed by atoms with E-state index in [1.165, 1.54) is 12.1 Å². The molecule has 4 N–H and O–H groups in total. The molecule has 0 amide bonds. The van der Waals surface area contributed by atoms with Crippen LogP contribution in [0.3, 0.4) is 0 Å². The van der Waals surface area contributed by atoms with E-state index in [9.17, 15) is 9.65 Å². The number of rotatable bonds is 7. The van der Waals surface area contributed by atoms with E-state index in [1.54, 1.807) is 6.20 Å². The molecule has 9 rings (SSSR count). The first-order chi connectivity index (χ1) is 24.7. The van der Waals surface area contributed by atoms with E-state index in [4.69, 9.17) is 30.9 Å². The van der Waals surface area contributed by atoms with Crippen LogP contribution in [-0.2, 0) is 0 Å². The normalized spacial score (nSPS) is 22.2. The molecule has 0 bridgehead atoms. The summed E-state index contributed by atoms with van der Waals surface area (Å²) in [5.41, 5.74) is 14.1. The Bertz CT molecular complexity index is 2290. The van der Waals surface area contributed by atoms with Crippen molar-refractivity contribution in [2.75, 3.05) is 49.2 Å². The van der Waals surface area contributed by atoms with Crippen molar-refractivity contribution >= 4 is 49.0 Å². The standard InChI is InChI=1S/C37H35F3N8O2S/c1-18(21-4-2-10-44-33(21)42)48-12-13-49-31-25(19-5-6-19)27(22-7-8-24(39)32-26(22)23(15-41)34(43)51-32)29(40)30-28(31)35(48)46-36(45-30)50-17-37-9-3-11-47(37)16-20(38)14-37/h2,4,7-8,10,18-20H,3,5-6,9,11-14,16-17,43H2,1H3,(H2,42,44)/t18-,20-,37+/m1/s1. The summed E-state index contributed by atoms with van der Waals surface area (Å²) in [5, 5.41) is 10.9. The number of aromatic nitrogens is 3. The lowest BCUT2D eigenvalue weighted by molar-refractivity contribution is 0.107. The second-order valence-electron chi connectivity index (χ2n) is 14.1. The number of hydrogen-bond acceptors (Lipinski definition) is 11. The highest BCUT2D eigenvalue weighted by Crippen LogP contribution is 2.56. The van der Waals surface area contributed by atoms with E-state index in [-0.39, 0.29) is 62.9 Å². The maximum absolute atomic E-state index is 17.7. The molecule has 262 valence electrons. The smallest absolute Gasteiger partial charge is 0.319 e. The van der Waals surface area contributed by atoms with Gasteiger partial charge in [0.15, 0.2) is 5.82 Å². The highest BCUT2D eigenvalue weighted by atomic mass is 32.1. The van der Waals surface area contributed by atoms with Crippen LogP contribution in [0.25, 0.3) is 32.1 Å². The van der Waals surface area contributed by atoms with Gasteiger partial charge in [0.05, 0.1) is 33.8 Å². The van der Waals surface area contributed by atoms with Crippen LogP contribution in [0.4, 0.5) is 29.8 Å². The number of nitriles is 1. The van der Waals surface area contributed by atoms with E-state index in [2.05, 4.69) is 16.0 Å². The summed E-state index contributed by atoms with van der Waals surface area (Å²) in [7, 11) is 0. The number of alkyl halides is 1. The van der Waals surface area contributed by atoms with Gasteiger partial charge in [0.2, 0.25) is 0 Å². The lowest BCUT2D eigenvalue weighted by Crippen LogP contribution is -2.43. The Hall–Kier alpha value is -4.87. The quantitative estimate of drug-likeness (QED) is 0.181. The van der Waals surface area contributed by atoms with E-state index in [1.807, 2.05) is 24.0 Å². The second-order valence-corrected chi connectivity index (χ2v) is 15.1. The molecule has 0 radical (unpaired) electrons. The first kappa shape index (κ1) is 32.1. The van der Waals surface area contributed by atoms with Gasteiger partial charge in [-0.25, -0.2) is 18.2 Å². The Morgan fingerprint density at radius 1 is 1.18 bits per heavy atom. The molecule has 3 aromatic heterocycles. The Balaban J connectivity index is 1.30. The molecule has 6 heterocycles. The Kier molecular flexibility index (Phi) is 7.45. The van der Waals surface area contributed by atoms with E-state index >= 15 is 8.78 Å². The van der Waals surface area contributed by atoms with Crippen molar-refractivity contribution < 1.29 is 22.6 Å². The van der Waals surface area contributed by atoms with E-state index < -0.39 is 23.3 Å². The lowest BCUT2D eigenvalue weighted by atomic mass is 9.90. The van der Waals surface area contributed by atoms with Crippen molar-refractivity contribution in [3.8, 4) is 29.0 Å². The van der Waals surface area contributed by atoms with Crippen LogP contribution >= 0.6 is 11.3 Å². The predicted molar refractivity (Wildman–Crippen MR) is 190 cm³/mol. The number of anilines is 3. The molecule has 51 heavy (non-hydrogen) atoms. The van der Waals surface area contributed by atoms with Gasteiger partial charge in [-0.15, -0.1) is 11.3 Å². The molecule has 1 saturated carbocycles. The number of benzene rings is 2. The molecule has 3 aliphatic heterocycles. The first-order valence-electron chi connectivity index (χ1n) is 17.3. The highest BCUT2D eigenvalue weighted by molar-refractivity contribution is 7.23. The Morgan fingerprint density at radius 3 is 2.80 bits per heavy atom. The minimum absolute atomic E-state index is 0.0302. The second kappa shape index (κ2) is 11.8. The zero-order chi connectivity index (χ0) is 35.2. The summed E-state index contributed by atoms with van der Waals surface area (Å²) in [6.45, 7) is 3.89. The minimum atomic E-state index is -0.949. The number of thiophene rings is 1. The molecule has 3 fully saturated rings. The molecular formula is C37H35F3N8O2S. The molecule has 10 nitrogen and oxygen atoms in total. The summed E-state index contributed by atoms with van der Waals surface area (Å²) >= 11 is 0.964. The fraction of sp³-hybridized carbons (Fsp3) is 0.405. The predicted octanol–water partition coefficient (Wildman–Crippen LogP) is 7.01. The van der Waals surface area contributed by atoms with Gasteiger partial charge in [-0.1, -0.05) is 12.1 Å². The number of halogens is 3. The molecule has 1 aliphatic carbocycles. The van der Waals surface area contributed by atoms with Gasteiger partial charge in [-0.05, 0) is 62.8 Å². The zero-order valence-corrected chi connectivity index (χ0v) is 28.7. The van der Waals surface area contributed by atoms with Gasteiger partial charge >= 0.3 is 6.01 Å². The average molecular weight is 713 g/mol. The van der Waals surface area contributed by atoms with Crippen molar-refractivity contribution in [2.45, 2.75) is 62.7 Å². The van der Waals surface area contributed by atoms with E-state index in [0.717, 1.165) is 49.1 Å². The number of nitrogen functional groups attached to an aromatic ring is 2. The third-order valence-electron chi connectivity index (χ3n) is 11.1. The van der Waals surface area contributed by atoms with Gasteiger partial charge < -0.3 is 25.8 Å². The van der Waals surface area contributed by atoms with Crippen LogP contribution in [-0.4, -0.2) is 64.4 Å². The van der Waals surface area contributed by atoms with Crippen molar-refractivity contribution in [1.82, 2.24) is 19.9 Å². The monoisotopic (exact) mass is 712 g/mol. The summed E-state index contributed by atoms with van der Waals surface area (Å²) in [6.07, 6.45) is 4.34. The van der Waals surface area contributed by atoms with Gasteiger partial charge in [-0.2, -0.15) is 15.2 Å². The Labute approximate surface area is 295 Å². The van der Waals surface area contributed by atoms with Crippen LogP contribution in [0.5, 0.6) is 11.8 Å². The number of hydrogen-bond donors (Lipinski definition) is 2. The van der Waals surface area contributed by atoms with Crippen LogP contribution in [0.15, 0.2) is 30.5 Å². The fourth-order valence-corrected chi connectivity index (χ4v) is 9.51. The molecule has 5 aromatic rings. The molecule has 2 saturated heterocycles. The third kappa shape index (κ3) is 4.96. The van der Waals surface area contributed by atoms with Gasteiger partial charge in [0.1, 0.15) is 59.2 Å². The van der Waals surface area contributed by atoms with Gasteiger partial charge in [0, 0.05) is 41.2 Å². The maximum Gasteiger partial charge on any atom is 0.319 e. The number of nitrogens with zero attached hydrogens (tertiary/aromatic N) is 6. The fourth-order valence-electron chi connectivity index (χ4n) is 8.57. The molecular weight excluding hydrogens is 678 g/mol. The maximum atomic E-state index is 17.7. The van der Waals surface area contributed by atoms with Crippen LogP contribution in [0.2, 0.25) is 0 Å². The molecule has 2 aromatic carbocycles. The minimum Gasteiger partial charge on any atom is -0.491 e. The van der Waals surface area contributed by atoms with Crippen molar-refractivity contribution in [3.05, 3.63) is 58.8 Å². The van der Waals surface area contributed by atoms with Crippen molar-refractivity contribution in [2.24, 2.45) is 0 Å². The number of fused-ring (bicyclic) bond motifs is 2. The van der Waals surface area contributed by atoms with E-state index in [0.29, 0.717) is 53.4 Å². The summed E-state index contributed by atoms with van der Waals surface area (Å²) in [5.74, 6) is -0.00452. The molecule has 3 atom stereocenters. The van der Waals surface area contributed by atoms with Crippen LogP contribution < -0.4 is 25.8 Å². The van der Waals surface area contributed by atoms with Gasteiger partial charge in [0.25, 0.3) is 0 Å². The highest BCUT2D eigenvalue weighted by Gasteiger charge is 2.49. The molecule has 14 heteroatoms. The van der Waals surface area contributed by atoms with Crippen LogP contribution in [0.1, 0.15) is 67.7 Å². The number of pyridine rings is 1. The first-order valence-corrected chi connectivity index (χ1v) is 18.1. The molecule has 0 unspecified atom stereocenters. The summed E-state index contributed by atoms with van der Waals surface area (Å²) in [4.78, 5) is 18.1. The topological polar surface area (TPSA) is 139 Å². The molecule has 4 aliphatic rings. The Morgan fingerprint density at radius 2 is 2.02 bits per heavy atom. The van der Waals surface area contributed by atoms with Crippen molar-refractivity contribution in [1.29, 1.82) is 5.26 Å². The SMILES string of the molecule is C[C@H](c1cccnc1N)N1CCOc2c(C3CC3)c(-c3ccc(F)c4sc(N)c(C#N)c34)c(F)c3nc(OC[C@@]45CCCN4C[C@H](F)C5)nc1c23. The number of ether oxygens (including phenoxy) is 2. The number of nitrogens with two attached hydrogens (primary N) is 2. The summed E-state index contributed by atoms with van der Waals surface area (Å²) in [6, 6.07) is 8.22. The largest absolute Gasteiger partial charge is 0.491 e. The third-order valence-corrected chi connectivity index (χ3v) is 12.1. The van der Waals surface area contributed by atoms with Gasteiger partial charge in [-0.3, -0.25) is 4.90 Å². The lowest BCUT2D eigenvalue weighted by Gasteiger charge is -2.32.